The number of ether oxygens (including phenoxy) is 2. The summed E-state index contributed by atoms with van der Waals surface area (Å²) >= 11 is 0. The fraction of sp³-hybridized carbons (Fsp3) is 0.438. The molecule has 0 aliphatic rings. The van der Waals surface area contributed by atoms with E-state index in [1.165, 1.54) is 19.2 Å². The Hall–Kier alpha value is -2.46. The van der Waals surface area contributed by atoms with E-state index in [4.69, 9.17) is 9.88 Å². The van der Waals surface area contributed by atoms with Crippen LogP contribution < -0.4 is 10.5 Å². The van der Waals surface area contributed by atoms with Gasteiger partial charge < -0.3 is 14.8 Å². The lowest BCUT2D eigenvalue weighted by Gasteiger charge is -2.18. The monoisotopic (exact) mass is 386 g/mol. The molecule has 0 radical (unpaired) electrons. The summed E-state index contributed by atoms with van der Waals surface area (Å²) in [7, 11) is -2.65. The number of carbonyl (C=O) groups is 3. The summed E-state index contributed by atoms with van der Waals surface area (Å²) in [6, 6.07) is 3.91. The molecule has 0 aromatic heterocycles. The van der Waals surface area contributed by atoms with Crippen molar-refractivity contribution >= 4 is 27.9 Å². The summed E-state index contributed by atoms with van der Waals surface area (Å²) in [5, 5.41) is 7.41. The van der Waals surface area contributed by atoms with E-state index in [1.54, 1.807) is 0 Å². The first-order chi connectivity index (χ1) is 12.0. The fourth-order valence-electron chi connectivity index (χ4n) is 2.06. The number of esters is 2. The fourth-order valence-corrected chi connectivity index (χ4v) is 2.57. The number of methoxy groups -OCH3 is 1. The van der Waals surface area contributed by atoms with Crippen LogP contribution in [-0.2, 0) is 29.1 Å². The number of amides is 1. The van der Waals surface area contributed by atoms with Crippen LogP contribution in [0.2, 0.25) is 0 Å². The van der Waals surface area contributed by atoms with Crippen molar-refractivity contribution < 1.29 is 32.3 Å². The smallest absolute Gasteiger partial charge is 0.338 e. The van der Waals surface area contributed by atoms with Gasteiger partial charge in [-0.1, -0.05) is 13.8 Å². The Morgan fingerprint density at radius 2 is 1.73 bits per heavy atom. The van der Waals surface area contributed by atoms with Crippen molar-refractivity contribution in [1.82, 2.24) is 5.32 Å². The molecule has 144 valence electrons. The number of nitrogens with two attached hydrogens (primary N) is 1. The lowest BCUT2D eigenvalue weighted by atomic mass is 10.0. The maximum atomic E-state index is 11.9. The first-order valence-electron chi connectivity index (χ1n) is 7.71. The molecule has 0 heterocycles. The predicted molar refractivity (Wildman–Crippen MR) is 91.5 cm³/mol. The van der Waals surface area contributed by atoms with Crippen LogP contribution in [0.1, 0.15) is 30.6 Å². The van der Waals surface area contributed by atoms with Gasteiger partial charge in [-0.25, -0.2) is 23.1 Å². The molecule has 1 aromatic carbocycles. The number of sulfonamides is 1. The highest BCUT2D eigenvalue weighted by atomic mass is 32.2. The summed E-state index contributed by atoms with van der Waals surface area (Å²) in [5.41, 5.74) is 0.0527. The first-order valence-corrected chi connectivity index (χ1v) is 9.26. The van der Waals surface area contributed by atoms with Gasteiger partial charge in [0.15, 0.2) is 6.61 Å². The molecule has 1 amide bonds. The van der Waals surface area contributed by atoms with Crippen molar-refractivity contribution in [3.05, 3.63) is 29.8 Å². The summed E-state index contributed by atoms with van der Waals surface area (Å²) in [6.45, 7) is 3.17. The van der Waals surface area contributed by atoms with Gasteiger partial charge in [-0.3, -0.25) is 4.79 Å². The Bertz CT molecular complexity index is 757. The molecule has 0 aliphatic carbocycles. The maximum Gasteiger partial charge on any atom is 0.338 e. The van der Waals surface area contributed by atoms with Gasteiger partial charge in [-0.15, -0.1) is 0 Å². The van der Waals surface area contributed by atoms with E-state index in [1.807, 2.05) is 13.8 Å². The third kappa shape index (κ3) is 6.81. The van der Waals surface area contributed by atoms with Gasteiger partial charge >= 0.3 is 11.9 Å². The molecule has 1 atom stereocenters. The van der Waals surface area contributed by atoms with Crippen LogP contribution in [0, 0.1) is 5.92 Å². The van der Waals surface area contributed by atoms with Gasteiger partial charge in [0.1, 0.15) is 6.04 Å². The lowest BCUT2D eigenvalue weighted by molar-refractivity contribution is -0.145. The van der Waals surface area contributed by atoms with Crippen molar-refractivity contribution in [2.75, 3.05) is 13.7 Å². The summed E-state index contributed by atoms with van der Waals surface area (Å²) in [5.74, 6) is -1.92. The highest BCUT2D eigenvalue weighted by molar-refractivity contribution is 7.89. The Morgan fingerprint density at radius 1 is 1.15 bits per heavy atom. The zero-order valence-corrected chi connectivity index (χ0v) is 15.5. The number of hydrogen-bond acceptors (Lipinski definition) is 7. The second kappa shape index (κ2) is 9.30. The van der Waals surface area contributed by atoms with Crippen molar-refractivity contribution in [2.24, 2.45) is 11.1 Å². The molecular weight excluding hydrogens is 364 g/mol. The summed E-state index contributed by atoms with van der Waals surface area (Å²) in [6.07, 6.45) is 0.376. The average molecular weight is 386 g/mol. The van der Waals surface area contributed by atoms with Gasteiger partial charge in [0.05, 0.1) is 17.6 Å². The second-order valence-electron chi connectivity index (χ2n) is 5.92. The maximum absolute atomic E-state index is 11.9. The average Bonchev–Trinajstić information content (AvgIpc) is 2.57. The van der Waals surface area contributed by atoms with Crippen LogP contribution in [0.3, 0.4) is 0 Å². The Balaban J connectivity index is 2.63. The summed E-state index contributed by atoms with van der Waals surface area (Å²) in [4.78, 5) is 35.3. The SMILES string of the molecule is COC(=O)C(CC(C)C)NC(=O)COC(=O)c1ccc(S(N)(=O)=O)cc1. The number of carbonyl (C=O) groups excluding carboxylic acids is 3. The van der Waals surface area contributed by atoms with Crippen molar-refractivity contribution in [3.8, 4) is 0 Å². The van der Waals surface area contributed by atoms with Gasteiger partial charge in [0.25, 0.3) is 5.91 Å². The highest BCUT2D eigenvalue weighted by Gasteiger charge is 2.23. The molecular formula is C16H22N2O7S. The number of hydrogen-bond donors (Lipinski definition) is 2. The van der Waals surface area contributed by atoms with E-state index in [9.17, 15) is 22.8 Å². The van der Waals surface area contributed by atoms with E-state index in [0.717, 1.165) is 12.1 Å². The molecule has 0 fully saturated rings. The summed E-state index contributed by atoms with van der Waals surface area (Å²) < 4.78 is 31.8. The zero-order valence-electron chi connectivity index (χ0n) is 14.7. The minimum absolute atomic E-state index is 0.0527. The minimum atomic E-state index is -3.87. The molecule has 26 heavy (non-hydrogen) atoms. The molecule has 0 saturated heterocycles. The third-order valence-electron chi connectivity index (χ3n) is 3.28. The van der Waals surface area contributed by atoms with Crippen LogP contribution in [0.15, 0.2) is 29.2 Å². The van der Waals surface area contributed by atoms with Crippen molar-refractivity contribution in [1.29, 1.82) is 0 Å². The molecule has 0 aliphatic heterocycles. The predicted octanol–water partition coefficient (Wildman–Crippen LogP) is 0.195. The molecule has 1 unspecified atom stereocenters. The van der Waals surface area contributed by atoms with E-state index in [2.05, 4.69) is 10.1 Å². The van der Waals surface area contributed by atoms with Crippen molar-refractivity contribution in [2.45, 2.75) is 31.2 Å². The largest absolute Gasteiger partial charge is 0.467 e. The van der Waals surface area contributed by atoms with Crippen LogP contribution in [-0.4, -0.2) is 46.0 Å². The standard InChI is InChI=1S/C16H22N2O7S/c1-10(2)8-13(16(21)24-3)18-14(19)9-25-15(20)11-4-6-12(7-5-11)26(17,22)23/h4-7,10,13H,8-9H2,1-3H3,(H,18,19)(H2,17,22,23). The lowest BCUT2D eigenvalue weighted by Crippen LogP contribution is -2.44. The Labute approximate surface area is 151 Å². The third-order valence-corrected chi connectivity index (χ3v) is 4.21. The molecule has 10 heteroatoms. The van der Waals surface area contributed by atoms with E-state index in [-0.39, 0.29) is 16.4 Å². The topological polar surface area (TPSA) is 142 Å². The van der Waals surface area contributed by atoms with Crippen LogP contribution in [0.5, 0.6) is 0 Å². The minimum Gasteiger partial charge on any atom is -0.467 e. The number of benzene rings is 1. The highest BCUT2D eigenvalue weighted by Crippen LogP contribution is 2.10. The number of nitrogens with one attached hydrogen (secondary N) is 1. The zero-order chi connectivity index (χ0) is 19.9. The van der Waals surface area contributed by atoms with Crippen LogP contribution >= 0.6 is 0 Å². The van der Waals surface area contributed by atoms with E-state index in [0.29, 0.717) is 6.42 Å². The number of rotatable bonds is 8. The molecule has 9 nitrogen and oxygen atoms in total. The quantitative estimate of drug-likeness (QED) is 0.608. The Morgan fingerprint density at radius 3 is 2.19 bits per heavy atom. The normalized spacial score (nSPS) is 12.3. The van der Waals surface area contributed by atoms with Gasteiger partial charge in [0.2, 0.25) is 10.0 Å². The van der Waals surface area contributed by atoms with Crippen LogP contribution in [0.25, 0.3) is 0 Å². The van der Waals surface area contributed by atoms with E-state index < -0.39 is 40.5 Å². The molecule has 3 N–H and O–H groups in total. The van der Waals surface area contributed by atoms with Crippen molar-refractivity contribution in [3.63, 3.8) is 0 Å². The van der Waals surface area contributed by atoms with E-state index >= 15 is 0 Å². The van der Waals surface area contributed by atoms with Gasteiger partial charge in [0, 0.05) is 0 Å². The molecule has 1 aromatic rings. The Kier molecular flexibility index (Phi) is 7.72. The molecule has 1 rings (SSSR count). The van der Waals surface area contributed by atoms with Gasteiger partial charge in [-0.05, 0) is 36.6 Å². The molecule has 0 saturated carbocycles. The first kappa shape index (κ1) is 21.6. The second-order valence-corrected chi connectivity index (χ2v) is 7.48. The molecule has 0 bridgehead atoms. The number of primary sulfonamides is 1. The van der Waals surface area contributed by atoms with Gasteiger partial charge in [-0.2, -0.15) is 0 Å². The molecule has 0 spiro atoms. The van der Waals surface area contributed by atoms with Crippen LogP contribution in [0.4, 0.5) is 0 Å².